The number of hydrogen-bond donors (Lipinski definition) is 2. The van der Waals surface area contributed by atoms with Crippen LogP contribution in [0.3, 0.4) is 0 Å². The lowest BCUT2D eigenvalue weighted by atomic mass is 10.1. The summed E-state index contributed by atoms with van der Waals surface area (Å²) in [6.45, 7) is 1.58. The molecule has 0 fully saturated rings. The zero-order valence-electron chi connectivity index (χ0n) is 14.8. The monoisotopic (exact) mass is 399 g/mol. The number of carbonyl (C=O) groups excluding carboxylic acids is 1. The molecule has 0 saturated heterocycles. The second-order valence-electron chi connectivity index (χ2n) is 5.93. The normalized spacial score (nSPS) is 13.7. The van der Waals surface area contributed by atoms with E-state index in [-0.39, 0.29) is 17.3 Å². The number of rotatable bonds is 8. The number of aliphatic hydroxyl groups is 1. The Morgan fingerprint density at radius 3 is 2.48 bits per heavy atom. The van der Waals surface area contributed by atoms with Crippen LogP contribution in [0.1, 0.15) is 12.5 Å². The molecule has 0 saturated carbocycles. The number of halogens is 3. The van der Waals surface area contributed by atoms with Gasteiger partial charge in [-0.25, -0.2) is 4.79 Å². The van der Waals surface area contributed by atoms with Gasteiger partial charge in [-0.2, -0.15) is 8.78 Å². The van der Waals surface area contributed by atoms with Crippen LogP contribution in [0, 0.1) is 0 Å². The molecule has 0 spiro atoms. The lowest BCUT2D eigenvalue weighted by molar-refractivity contribution is -0.181. The summed E-state index contributed by atoms with van der Waals surface area (Å²) in [5.41, 5.74) is 0.805. The molecule has 2 atom stereocenters. The second kappa shape index (κ2) is 9.12. The van der Waals surface area contributed by atoms with Crippen molar-refractivity contribution in [3.05, 3.63) is 59.1 Å². The van der Waals surface area contributed by atoms with Gasteiger partial charge in [-0.1, -0.05) is 29.8 Å². The zero-order chi connectivity index (χ0) is 20.0. The highest BCUT2D eigenvalue weighted by atomic mass is 35.5. The Morgan fingerprint density at radius 1 is 1.22 bits per heavy atom. The lowest BCUT2D eigenvalue weighted by Crippen LogP contribution is -2.53. The number of alkyl halides is 2. The highest BCUT2D eigenvalue weighted by Crippen LogP contribution is 2.26. The van der Waals surface area contributed by atoms with Crippen LogP contribution in [-0.2, 0) is 11.3 Å². The molecule has 0 aliphatic carbocycles. The van der Waals surface area contributed by atoms with Crippen LogP contribution in [0.5, 0.6) is 11.5 Å². The van der Waals surface area contributed by atoms with E-state index in [4.69, 9.17) is 16.3 Å². The van der Waals surface area contributed by atoms with Gasteiger partial charge in [0.15, 0.2) is 0 Å². The third kappa shape index (κ3) is 5.63. The summed E-state index contributed by atoms with van der Waals surface area (Å²) < 4.78 is 38.2. The van der Waals surface area contributed by atoms with Crippen molar-refractivity contribution >= 4 is 17.6 Å². The van der Waals surface area contributed by atoms with Crippen molar-refractivity contribution < 1.29 is 28.2 Å². The van der Waals surface area contributed by atoms with Gasteiger partial charge in [-0.15, -0.1) is 0 Å². The average Bonchev–Trinajstić information content (AvgIpc) is 2.65. The fourth-order valence-corrected chi connectivity index (χ4v) is 2.45. The molecule has 0 amide bonds. The summed E-state index contributed by atoms with van der Waals surface area (Å²) in [5, 5.41) is 13.0. The molecule has 8 heteroatoms. The molecule has 5 nitrogen and oxygen atoms in total. The molecule has 0 aliphatic rings. The molecular formula is C19H20ClF2NO4. The quantitative estimate of drug-likeness (QED) is 0.526. The zero-order valence-corrected chi connectivity index (χ0v) is 15.5. The molecule has 0 bridgehead atoms. The molecule has 2 rings (SSSR count). The van der Waals surface area contributed by atoms with Gasteiger partial charge in [0, 0.05) is 17.6 Å². The van der Waals surface area contributed by atoms with Crippen LogP contribution in [0.2, 0.25) is 5.02 Å². The Hall–Kier alpha value is -2.22. The largest absolute Gasteiger partial charge is 0.497 e. The van der Waals surface area contributed by atoms with E-state index in [0.717, 1.165) is 5.56 Å². The van der Waals surface area contributed by atoms with Crippen LogP contribution >= 0.6 is 11.6 Å². The Labute approximate surface area is 160 Å². The first-order valence-corrected chi connectivity index (χ1v) is 8.52. The van der Waals surface area contributed by atoms with E-state index in [0.29, 0.717) is 5.75 Å². The molecule has 0 heterocycles. The number of hydrogen-bond acceptors (Lipinski definition) is 5. The smallest absolute Gasteiger partial charge is 0.385 e. The van der Waals surface area contributed by atoms with Crippen LogP contribution in [-0.4, -0.2) is 36.3 Å². The number of esters is 1. The van der Waals surface area contributed by atoms with Crippen LogP contribution in [0.4, 0.5) is 8.78 Å². The maximum absolute atomic E-state index is 14.3. The summed E-state index contributed by atoms with van der Waals surface area (Å²) in [5.74, 6) is -5.41. The highest BCUT2D eigenvalue weighted by Gasteiger charge is 2.50. The fourth-order valence-electron chi connectivity index (χ4n) is 2.27. The highest BCUT2D eigenvalue weighted by molar-refractivity contribution is 6.30. The van der Waals surface area contributed by atoms with Crippen molar-refractivity contribution in [2.75, 3.05) is 7.11 Å². The lowest BCUT2D eigenvalue weighted by Gasteiger charge is -2.26. The second-order valence-corrected chi connectivity index (χ2v) is 6.37. The van der Waals surface area contributed by atoms with Crippen molar-refractivity contribution in [1.29, 1.82) is 0 Å². The Bertz CT molecular complexity index is 771. The fraction of sp³-hybridized carbons (Fsp3) is 0.316. The minimum Gasteiger partial charge on any atom is -0.497 e. The van der Waals surface area contributed by atoms with Gasteiger partial charge in [0.2, 0.25) is 0 Å². The topological polar surface area (TPSA) is 67.8 Å². The molecule has 0 aliphatic heterocycles. The Kier molecular flexibility index (Phi) is 7.12. The molecule has 2 N–H and O–H groups in total. The number of ether oxygens (including phenoxy) is 2. The minimum absolute atomic E-state index is 0.127. The van der Waals surface area contributed by atoms with Crippen molar-refractivity contribution in [2.45, 2.75) is 31.5 Å². The molecule has 27 heavy (non-hydrogen) atoms. The van der Waals surface area contributed by atoms with Crippen molar-refractivity contribution in [1.82, 2.24) is 5.32 Å². The van der Waals surface area contributed by atoms with E-state index in [1.165, 1.54) is 38.3 Å². The first-order chi connectivity index (χ1) is 12.7. The number of nitrogens with one attached hydrogen (secondary N) is 1. The van der Waals surface area contributed by atoms with Crippen molar-refractivity contribution in [3.63, 3.8) is 0 Å². The Morgan fingerprint density at radius 2 is 1.89 bits per heavy atom. The van der Waals surface area contributed by atoms with E-state index >= 15 is 0 Å². The van der Waals surface area contributed by atoms with Gasteiger partial charge in [0.1, 0.15) is 17.6 Å². The average molecular weight is 400 g/mol. The van der Waals surface area contributed by atoms with E-state index in [1.54, 1.807) is 24.3 Å². The molecule has 2 aromatic carbocycles. The number of aliphatic hydroxyl groups excluding tert-OH is 1. The van der Waals surface area contributed by atoms with Crippen molar-refractivity contribution in [2.24, 2.45) is 0 Å². The summed E-state index contributed by atoms with van der Waals surface area (Å²) in [7, 11) is 1.54. The summed E-state index contributed by atoms with van der Waals surface area (Å²) in [6, 6.07) is 11.4. The number of methoxy groups -OCH3 is 1. The maximum Gasteiger partial charge on any atom is 0.385 e. The van der Waals surface area contributed by atoms with E-state index < -0.39 is 24.0 Å². The van der Waals surface area contributed by atoms with Crippen molar-refractivity contribution in [3.8, 4) is 11.5 Å². The molecule has 2 unspecified atom stereocenters. The summed E-state index contributed by atoms with van der Waals surface area (Å²) in [6.07, 6.45) is -2.28. The minimum atomic E-state index is -4.10. The van der Waals surface area contributed by atoms with E-state index in [9.17, 15) is 18.7 Å². The molecule has 0 radical (unpaired) electrons. The Balaban J connectivity index is 1.95. The SMILES string of the molecule is COc1ccc(CNC(C)C(O)C(F)(F)C(=O)Oc2cccc(Cl)c2)cc1. The molecule has 146 valence electrons. The summed E-state index contributed by atoms with van der Waals surface area (Å²) in [4.78, 5) is 11.8. The predicted octanol–water partition coefficient (Wildman–Crippen LogP) is 3.43. The van der Waals surface area contributed by atoms with Crippen LogP contribution in [0.25, 0.3) is 0 Å². The van der Waals surface area contributed by atoms with Gasteiger partial charge in [-0.3, -0.25) is 0 Å². The third-order valence-electron chi connectivity index (χ3n) is 3.91. The molecular weight excluding hydrogens is 380 g/mol. The third-order valence-corrected chi connectivity index (χ3v) is 4.15. The molecule has 2 aromatic rings. The van der Waals surface area contributed by atoms with Gasteiger partial charge < -0.3 is 19.9 Å². The van der Waals surface area contributed by atoms with Gasteiger partial charge in [0.05, 0.1) is 7.11 Å². The van der Waals surface area contributed by atoms with Crippen LogP contribution in [0.15, 0.2) is 48.5 Å². The number of carbonyl (C=O) groups is 1. The van der Waals surface area contributed by atoms with Crippen LogP contribution < -0.4 is 14.8 Å². The maximum atomic E-state index is 14.3. The predicted molar refractivity (Wildman–Crippen MR) is 97.3 cm³/mol. The first-order valence-electron chi connectivity index (χ1n) is 8.14. The van der Waals surface area contributed by atoms with Gasteiger partial charge in [-0.05, 0) is 42.8 Å². The van der Waals surface area contributed by atoms with E-state index in [1.807, 2.05) is 0 Å². The standard InChI is InChI=1S/C19H20ClF2NO4/c1-12(23-11-13-6-8-15(26-2)9-7-13)17(24)19(21,22)18(25)27-16-5-3-4-14(20)10-16/h3-10,12,17,23-24H,11H2,1-2H3. The summed E-state index contributed by atoms with van der Waals surface area (Å²) >= 11 is 5.73. The first kappa shape index (κ1) is 21.1. The van der Waals surface area contributed by atoms with E-state index in [2.05, 4.69) is 10.1 Å². The number of benzene rings is 2. The van der Waals surface area contributed by atoms with Gasteiger partial charge >= 0.3 is 11.9 Å². The van der Waals surface area contributed by atoms with Gasteiger partial charge in [0.25, 0.3) is 0 Å². The molecule has 0 aromatic heterocycles.